The molecule has 0 saturated heterocycles. The van der Waals surface area contributed by atoms with Crippen LogP contribution in [-0.2, 0) is 12.8 Å². The number of halogens is 1. The summed E-state index contributed by atoms with van der Waals surface area (Å²) in [7, 11) is 0. The molecule has 0 aliphatic carbocycles. The molecule has 1 aromatic carbocycles. The molecule has 2 rings (SSSR count). The summed E-state index contributed by atoms with van der Waals surface area (Å²) in [5.41, 5.74) is 2.79. The monoisotopic (exact) mass is 281 g/mol. The molecule has 0 bridgehead atoms. The molecule has 0 atom stereocenters. The topological polar surface area (TPSA) is 21.3 Å². The number of unbranched alkanes of at least 4 members (excludes halogenated alkanes) is 3. The van der Waals surface area contributed by atoms with E-state index in [0.29, 0.717) is 0 Å². The molecule has 0 amide bonds. The van der Waals surface area contributed by atoms with Gasteiger partial charge in [-0.3, -0.25) is 0 Å². The van der Waals surface area contributed by atoms with Gasteiger partial charge >= 0.3 is 0 Å². The van der Waals surface area contributed by atoms with Gasteiger partial charge in [0.1, 0.15) is 5.75 Å². The molecule has 19 heavy (non-hydrogen) atoms. The number of rotatable bonds is 9. The number of hydrogen-bond donors (Lipinski definition) is 1. The van der Waals surface area contributed by atoms with Gasteiger partial charge in [0, 0.05) is 12.3 Å². The molecule has 1 aliphatic heterocycles. The van der Waals surface area contributed by atoms with Crippen LogP contribution in [0.2, 0.25) is 0 Å². The second-order valence-corrected chi connectivity index (χ2v) is 5.52. The van der Waals surface area contributed by atoms with Crippen molar-refractivity contribution in [2.75, 3.05) is 25.6 Å². The summed E-state index contributed by atoms with van der Waals surface area (Å²) in [6.07, 6.45) is 7.13. The quantitative estimate of drug-likeness (QED) is 0.552. The van der Waals surface area contributed by atoms with Crippen molar-refractivity contribution in [1.82, 2.24) is 5.32 Å². The van der Waals surface area contributed by atoms with Crippen LogP contribution >= 0.6 is 11.6 Å². The minimum absolute atomic E-state index is 0.801. The minimum atomic E-state index is 0.801. The lowest BCUT2D eigenvalue weighted by molar-refractivity contribution is 0.357. The van der Waals surface area contributed by atoms with Crippen LogP contribution in [-0.4, -0.2) is 25.6 Å². The van der Waals surface area contributed by atoms with Gasteiger partial charge in [-0.2, -0.15) is 0 Å². The zero-order chi connectivity index (χ0) is 13.3. The normalized spacial score (nSPS) is 13.3. The molecule has 1 N–H and O–H groups in total. The predicted octanol–water partition coefficient (Wildman–Crippen LogP) is 3.55. The Kier molecular flexibility index (Phi) is 6.52. The highest BCUT2D eigenvalue weighted by Crippen LogP contribution is 2.25. The van der Waals surface area contributed by atoms with Gasteiger partial charge in [-0.25, -0.2) is 0 Å². The second kappa shape index (κ2) is 8.44. The largest absolute Gasteiger partial charge is 0.493 e. The number of fused-ring (bicyclic) bond motifs is 1. The first-order chi connectivity index (χ1) is 9.40. The smallest absolute Gasteiger partial charge is 0.122 e. The van der Waals surface area contributed by atoms with Crippen LogP contribution in [0, 0.1) is 0 Å². The molecule has 2 nitrogen and oxygen atoms in total. The first kappa shape index (κ1) is 14.7. The van der Waals surface area contributed by atoms with E-state index in [9.17, 15) is 0 Å². The van der Waals surface area contributed by atoms with Gasteiger partial charge in [0.05, 0.1) is 6.61 Å². The average molecular weight is 282 g/mol. The fourth-order valence-corrected chi connectivity index (χ4v) is 2.64. The molecule has 106 valence electrons. The summed E-state index contributed by atoms with van der Waals surface area (Å²) in [4.78, 5) is 0. The third kappa shape index (κ3) is 5.04. The van der Waals surface area contributed by atoms with E-state index in [4.69, 9.17) is 16.3 Å². The van der Waals surface area contributed by atoms with Gasteiger partial charge in [-0.05, 0) is 49.5 Å². The Labute approximate surface area is 121 Å². The van der Waals surface area contributed by atoms with E-state index in [2.05, 4.69) is 23.5 Å². The summed E-state index contributed by atoms with van der Waals surface area (Å²) in [6.45, 7) is 3.03. The third-order valence-electron chi connectivity index (χ3n) is 3.58. The Balaban J connectivity index is 1.56. The maximum atomic E-state index is 5.65. The Hall–Kier alpha value is -0.730. The molecule has 0 saturated carbocycles. The highest BCUT2D eigenvalue weighted by molar-refractivity contribution is 6.17. The van der Waals surface area contributed by atoms with Crippen molar-refractivity contribution in [2.24, 2.45) is 0 Å². The molecule has 0 unspecified atom stereocenters. The van der Waals surface area contributed by atoms with Crippen molar-refractivity contribution in [3.63, 3.8) is 0 Å². The Bertz CT molecular complexity index is 381. The van der Waals surface area contributed by atoms with Crippen molar-refractivity contribution in [1.29, 1.82) is 0 Å². The number of ether oxygens (including phenoxy) is 1. The lowest BCUT2D eigenvalue weighted by Gasteiger charge is -2.06. The number of hydrogen-bond acceptors (Lipinski definition) is 2. The number of nitrogens with one attached hydrogen (secondary N) is 1. The summed E-state index contributed by atoms with van der Waals surface area (Å²) in [6, 6.07) is 6.60. The van der Waals surface area contributed by atoms with E-state index in [1.165, 1.54) is 30.4 Å². The first-order valence-corrected chi connectivity index (χ1v) is 7.95. The lowest BCUT2D eigenvalue weighted by Crippen LogP contribution is -2.18. The third-order valence-corrected chi connectivity index (χ3v) is 3.85. The van der Waals surface area contributed by atoms with E-state index in [1.807, 2.05) is 0 Å². The molecule has 1 aromatic rings. The zero-order valence-corrected chi connectivity index (χ0v) is 12.3. The van der Waals surface area contributed by atoms with E-state index < -0.39 is 0 Å². The Morgan fingerprint density at radius 1 is 1.11 bits per heavy atom. The van der Waals surface area contributed by atoms with Gasteiger partial charge in [-0.1, -0.05) is 25.0 Å². The van der Waals surface area contributed by atoms with Crippen LogP contribution in [0.15, 0.2) is 18.2 Å². The van der Waals surface area contributed by atoms with Crippen molar-refractivity contribution < 1.29 is 4.74 Å². The molecule has 1 heterocycles. The van der Waals surface area contributed by atoms with E-state index in [0.717, 1.165) is 50.6 Å². The zero-order valence-electron chi connectivity index (χ0n) is 11.6. The van der Waals surface area contributed by atoms with E-state index in [1.54, 1.807) is 0 Å². The van der Waals surface area contributed by atoms with Gasteiger partial charge in [0.15, 0.2) is 0 Å². The van der Waals surface area contributed by atoms with Crippen LogP contribution in [0.3, 0.4) is 0 Å². The van der Waals surface area contributed by atoms with Crippen LogP contribution in [0.25, 0.3) is 0 Å². The molecule has 0 spiro atoms. The highest BCUT2D eigenvalue weighted by Gasteiger charge is 2.11. The summed E-state index contributed by atoms with van der Waals surface area (Å²) < 4.78 is 5.52. The molecular formula is C16H24ClNO. The first-order valence-electron chi connectivity index (χ1n) is 7.41. The predicted molar refractivity (Wildman–Crippen MR) is 81.4 cm³/mol. The molecule has 0 aromatic heterocycles. The van der Waals surface area contributed by atoms with Crippen molar-refractivity contribution in [2.45, 2.75) is 38.5 Å². The maximum Gasteiger partial charge on any atom is 0.122 e. The van der Waals surface area contributed by atoms with E-state index >= 15 is 0 Å². The van der Waals surface area contributed by atoms with Crippen molar-refractivity contribution >= 4 is 11.6 Å². The van der Waals surface area contributed by atoms with E-state index in [-0.39, 0.29) is 0 Å². The van der Waals surface area contributed by atoms with Crippen LogP contribution in [0.1, 0.15) is 36.8 Å². The fraction of sp³-hybridized carbons (Fsp3) is 0.625. The van der Waals surface area contributed by atoms with Crippen molar-refractivity contribution in [3.8, 4) is 5.75 Å². The highest BCUT2D eigenvalue weighted by atomic mass is 35.5. The molecule has 0 radical (unpaired) electrons. The summed E-state index contributed by atoms with van der Waals surface area (Å²) in [5.74, 6) is 1.88. The minimum Gasteiger partial charge on any atom is -0.493 e. The SMILES string of the molecule is ClCCCCCCNCCc1ccc2c(c1)CCO2. The standard InChI is InChI=1S/C16H24ClNO/c17-9-3-1-2-4-10-18-11-7-14-5-6-16-15(13-14)8-12-19-16/h5-6,13,18H,1-4,7-12H2. The fourth-order valence-electron chi connectivity index (χ4n) is 2.45. The molecule has 0 fully saturated rings. The van der Waals surface area contributed by atoms with Gasteiger partial charge in [-0.15, -0.1) is 11.6 Å². The van der Waals surface area contributed by atoms with Crippen LogP contribution in [0.5, 0.6) is 5.75 Å². The maximum absolute atomic E-state index is 5.65. The number of benzene rings is 1. The molecule has 3 heteroatoms. The summed E-state index contributed by atoms with van der Waals surface area (Å²) >= 11 is 5.65. The molecular weight excluding hydrogens is 258 g/mol. The average Bonchev–Trinajstić information content (AvgIpc) is 2.89. The lowest BCUT2D eigenvalue weighted by atomic mass is 10.1. The summed E-state index contributed by atoms with van der Waals surface area (Å²) in [5, 5.41) is 3.51. The van der Waals surface area contributed by atoms with Gasteiger partial charge in [0.25, 0.3) is 0 Å². The van der Waals surface area contributed by atoms with Crippen LogP contribution < -0.4 is 10.1 Å². The van der Waals surface area contributed by atoms with Gasteiger partial charge in [0.2, 0.25) is 0 Å². The Morgan fingerprint density at radius 2 is 2.00 bits per heavy atom. The van der Waals surface area contributed by atoms with Crippen molar-refractivity contribution in [3.05, 3.63) is 29.3 Å². The van der Waals surface area contributed by atoms with Gasteiger partial charge < -0.3 is 10.1 Å². The second-order valence-electron chi connectivity index (χ2n) is 5.14. The van der Waals surface area contributed by atoms with Crippen LogP contribution in [0.4, 0.5) is 0 Å². The molecule has 1 aliphatic rings. The number of alkyl halides is 1. The Morgan fingerprint density at radius 3 is 2.89 bits per heavy atom.